The van der Waals surface area contributed by atoms with Crippen LogP contribution in [0, 0.1) is 0 Å². The molecule has 2 heterocycles. The highest BCUT2D eigenvalue weighted by Crippen LogP contribution is 2.20. The summed E-state index contributed by atoms with van der Waals surface area (Å²) in [6.45, 7) is 4.52. The van der Waals surface area contributed by atoms with Crippen LogP contribution in [0.1, 0.15) is 36.0 Å². The van der Waals surface area contributed by atoms with Crippen molar-refractivity contribution in [3.8, 4) is 11.4 Å². The van der Waals surface area contributed by atoms with Crippen LogP contribution in [0.15, 0.2) is 47.1 Å². The molecule has 0 aliphatic rings. The van der Waals surface area contributed by atoms with Crippen molar-refractivity contribution < 1.29 is 9.21 Å². The van der Waals surface area contributed by atoms with Crippen molar-refractivity contribution in [3.63, 3.8) is 0 Å². The zero-order chi connectivity index (χ0) is 16.9. The number of hydrogen-bond donors (Lipinski definition) is 1. The topological polar surface area (TPSA) is 85.8 Å². The number of hydrogen-bond acceptors (Lipinski definition) is 5. The van der Waals surface area contributed by atoms with E-state index in [1.807, 2.05) is 38.1 Å². The van der Waals surface area contributed by atoms with Gasteiger partial charge in [0.15, 0.2) is 5.82 Å². The van der Waals surface area contributed by atoms with Crippen molar-refractivity contribution in [2.75, 3.05) is 6.54 Å². The molecule has 3 rings (SSSR count). The molecule has 1 N–H and O–H groups in total. The number of nitrogens with one attached hydrogen (secondary N) is 1. The van der Waals surface area contributed by atoms with E-state index in [1.165, 1.54) is 0 Å². The van der Waals surface area contributed by atoms with Crippen molar-refractivity contribution in [2.45, 2.75) is 26.3 Å². The van der Waals surface area contributed by atoms with Gasteiger partial charge < -0.3 is 9.73 Å². The number of benzene rings is 1. The van der Waals surface area contributed by atoms with Crippen LogP contribution in [0.5, 0.6) is 0 Å². The molecule has 3 aromatic rings. The fourth-order valence-electron chi connectivity index (χ4n) is 2.39. The van der Waals surface area contributed by atoms with Crippen molar-refractivity contribution >= 4 is 5.91 Å². The molecule has 0 saturated carbocycles. The highest BCUT2D eigenvalue weighted by atomic mass is 16.3. The van der Waals surface area contributed by atoms with Crippen LogP contribution in [0.3, 0.4) is 0 Å². The molecule has 0 spiro atoms. The molecule has 0 bridgehead atoms. The summed E-state index contributed by atoms with van der Waals surface area (Å²) >= 11 is 0. The number of carbonyl (C=O) groups excluding carboxylic acids is 1. The zero-order valence-corrected chi connectivity index (χ0v) is 13.6. The first-order valence-electron chi connectivity index (χ1n) is 7.84. The molecule has 1 aromatic carbocycles. The van der Waals surface area contributed by atoms with Crippen molar-refractivity contribution in [1.29, 1.82) is 0 Å². The van der Waals surface area contributed by atoms with Crippen LogP contribution in [-0.4, -0.2) is 32.7 Å². The van der Waals surface area contributed by atoms with Gasteiger partial charge in [-0.1, -0.05) is 12.1 Å². The van der Waals surface area contributed by atoms with Crippen molar-refractivity contribution in [3.05, 3.63) is 54.0 Å². The molecule has 0 aliphatic carbocycles. The average molecular weight is 325 g/mol. The van der Waals surface area contributed by atoms with Gasteiger partial charge in [0.1, 0.15) is 5.76 Å². The number of tetrazole rings is 1. The summed E-state index contributed by atoms with van der Waals surface area (Å²) in [5.74, 6) is 1.36. The van der Waals surface area contributed by atoms with E-state index in [2.05, 4.69) is 20.8 Å². The Morgan fingerprint density at radius 3 is 2.92 bits per heavy atom. The third-order valence-electron chi connectivity index (χ3n) is 3.60. The summed E-state index contributed by atoms with van der Waals surface area (Å²) in [6, 6.07) is 11.2. The highest BCUT2D eigenvalue weighted by molar-refractivity contribution is 5.95. The summed E-state index contributed by atoms with van der Waals surface area (Å²) in [6.07, 6.45) is 2.28. The molecule has 0 unspecified atom stereocenters. The molecule has 0 atom stereocenters. The quantitative estimate of drug-likeness (QED) is 0.752. The van der Waals surface area contributed by atoms with E-state index in [9.17, 15) is 4.79 Å². The molecule has 0 fully saturated rings. The third kappa shape index (κ3) is 3.51. The number of rotatable bonds is 6. The fraction of sp³-hybridized carbons (Fsp3) is 0.294. The van der Waals surface area contributed by atoms with Crippen LogP contribution in [0.4, 0.5) is 0 Å². The average Bonchev–Trinajstić information content (AvgIpc) is 3.26. The minimum atomic E-state index is -0.132. The first-order chi connectivity index (χ1) is 11.6. The van der Waals surface area contributed by atoms with Crippen LogP contribution >= 0.6 is 0 Å². The second-order valence-corrected chi connectivity index (χ2v) is 5.71. The largest absolute Gasteiger partial charge is 0.469 e. The zero-order valence-electron chi connectivity index (χ0n) is 13.6. The Balaban J connectivity index is 1.70. The third-order valence-corrected chi connectivity index (χ3v) is 3.60. The van der Waals surface area contributed by atoms with E-state index in [-0.39, 0.29) is 11.9 Å². The van der Waals surface area contributed by atoms with Gasteiger partial charge in [-0.3, -0.25) is 4.79 Å². The lowest BCUT2D eigenvalue weighted by molar-refractivity contribution is 0.0953. The molecule has 0 aliphatic heterocycles. The predicted molar refractivity (Wildman–Crippen MR) is 88.4 cm³/mol. The standard InChI is InChI=1S/C17H19N5O2/c1-12(2)22-16(19-20-21-22)13-5-3-6-14(11-13)17(23)18-9-8-15-7-4-10-24-15/h3-7,10-12H,8-9H2,1-2H3,(H,18,23). The Morgan fingerprint density at radius 1 is 1.29 bits per heavy atom. The number of aromatic nitrogens is 4. The Hall–Kier alpha value is -2.96. The van der Waals surface area contributed by atoms with E-state index in [1.54, 1.807) is 23.1 Å². The maximum absolute atomic E-state index is 12.3. The molecule has 0 radical (unpaired) electrons. The molecule has 2 aromatic heterocycles. The Bertz CT molecular complexity index is 808. The van der Waals surface area contributed by atoms with Gasteiger partial charge in [0, 0.05) is 24.1 Å². The van der Waals surface area contributed by atoms with Gasteiger partial charge in [-0.05, 0) is 48.5 Å². The van der Waals surface area contributed by atoms with Gasteiger partial charge in [-0.15, -0.1) is 5.10 Å². The first kappa shape index (κ1) is 15.9. The SMILES string of the molecule is CC(C)n1nnnc1-c1cccc(C(=O)NCCc2ccco2)c1. The molecule has 24 heavy (non-hydrogen) atoms. The van der Waals surface area contributed by atoms with Crippen molar-refractivity contribution in [2.24, 2.45) is 0 Å². The maximum Gasteiger partial charge on any atom is 0.251 e. The van der Waals surface area contributed by atoms with E-state index < -0.39 is 0 Å². The number of carbonyl (C=O) groups is 1. The van der Waals surface area contributed by atoms with E-state index >= 15 is 0 Å². The summed E-state index contributed by atoms with van der Waals surface area (Å²) in [4.78, 5) is 12.3. The Kier molecular flexibility index (Phi) is 4.69. The van der Waals surface area contributed by atoms with Gasteiger partial charge in [0.05, 0.1) is 12.3 Å². The van der Waals surface area contributed by atoms with Gasteiger partial charge in [0.2, 0.25) is 0 Å². The minimum absolute atomic E-state index is 0.132. The molecule has 7 nitrogen and oxygen atoms in total. The van der Waals surface area contributed by atoms with Gasteiger partial charge in [-0.2, -0.15) is 0 Å². The fourth-order valence-corrected chi connectivity index (χ4v) is 2.39. The molecule has 0 saturated heterocycles. The molecule has 7 heteroatoms. The van der Waals surface area contributed by atoms with E-state index in [4.69, 9.17) is 4.42 Å². The normalized spacial score (nSPS) is 11.0. The Labute approximate surface area is 139 Å². The van der Waals surface area contributed by atoms with Crippen LogP contribution < -0.4 is 5.32 Å². The Morgan fingerprint density at radius 2 is 2.17 bits per heavy atom. The summed E-state index contributed by atoms with van der Waals surface area (Å²) in [7, 11) is 0. The summed E-state index contributed by atoms with van der Waals surface area (Å²) in [5.41, 5.74) is 1.39. The van der Waals surface area contributed by atoms with Crippen LogP contribution in [0.2, 0.25) is 0 Å². The van der Waals surface area contributed by atoms with E-state index in [0.717, 1.165) is 11.3 Å². The predicted octanol–water partition coefficient (Wildman–Crippen LogP) is 2.49. The monoisotopic (exact) mass is 325 g/mol. The highest BCUT2D eigenvalue weighted by Gasteiger charge is 2.13. The minimum Gasteiger partial charge on any atom is -0.469 e. The molecule has 1 amide bonds. The number of furan rings is 1. The summed E-state index contributed by atoms with van der Waals surface area (Å²) in [5, 5.41) is 14.7. The molecular weight excluding hydrogens is 306 g/mol. The van der Waals surface area contributed by atoms with Gasteiger partial charge in [-0.25, -0.2) is 4.68 Å². The van der Waals surface area contributed by atoms with Gasteiger partial charge >= 0.3 is 0 Å². The van der Waals surface area contributed by atoms with Crippen molar-refractivity contribution in [1.82, 2.24) is 25.5 Å². The lowest BCUT2D eigenvalue weighted by atomic mass is 10.1. The second kappa shape index (κ2) is 7.08. The van der Waals surface area contributed by atoms with Crippen LogP contribution in [0.25, 0.3) is 11.4 Å². The first-order valence-corrected chi connectivity index (χ1v) is 7.84. The second-order valence-electron chi connectivity index (χ2n) is 5.71. The maximum atomic E-state index is 12.3. The summed E-state index contributed by atoms with van der Waals surface area (Å²) < 4.78 is 6.98. The van der Waals surface area contributed by atoms with Crippen LogP contribution in [-0.2, 0) is 6.42 Å². The number of amides is 1. The van der Waals surface area contributed by atoms with Gasteiger partial charge in [0.25, 0.3) is 5.91 Å². The molecule has 124 valence electrons. The van der Waals surface area contributed by atoms with E-state index in [0.29, 0.717) is 24.4 Å². The lowest BCUT2D eigenvalue weighted by Crippen LogP contribution is -2.25. The number of nitrogens with zero attached hydrogens (tertiary/aromatic N) is 4. The molecular formula is C17H19N5O2. The lowest BCUT2D eigenvalue weighted by Gasteiger charge is -2.09. The smallest absolute Gasteiger partial charge is 0.251 e.